The summed E-state index contributed by atoms with van der Waals surface area (Å²) in [5, 5.41) is 0.283. The molecule has 112 valence electrons. The summed E-state index contributed by atoms with van der Waals surface area (Å²) in [7, 11) is 1.64. The van der Waals surface area contributed by atoms with Crippen molar-refractivity contribution in [1.29, 1.82) is 0 Å². The number of benzene rings is 1. The number of aromatic nitrogens is 2. The monoisotopic (exact) mass is 309 g/mol. The van der Waals surface area contributed by atoms with Gasteiger partial charge in [0.2, 0.25) is 5.28 Å². The van der Waals surface area contributed by atoms with E-state index in [1.165, 1.54) is 4.90 Å². The Bertz CT molecular complexity index is 669. The molecule has 1 amide bonds. The van der Waals surface area contributed by atoms with Gasteiger partial charge >= 0.3 is 5.97 Å². The fourth-order valence-corrected chi connectivity index (χ4v) is 2.12. The Morgan fingerprint density at radius 1 is 1.43 bits per heavy atom. The Labute approximate surface area is 127 Å². The molecule has 1 aromatic heterocycles. The average Bonchev–Trinajstić information content (AvgIpc) is 2.83. The minimum absolute atomic E-state index is 0.174. The van der Waals surface area contributed by atoms with E-state index in [4.69, 9.17) is 16.3 Å². The first-order chi connectivity index (χ1) is 10.0. The van der Waals surface area contributed by atoms with Crippen molar-refractivity contribution in [3.63, 3.8) is 0 Å². The van der Waals surface area contributed by atoms with E-state index in [-0.39, 0.29) is 23.6 Å². The maximum atomic E-state index is 12.3. The number of esters is 1. The van der Waals surface area contributed by atoms with Crippen molar-refractivity contribution in [2.75, 3.05) is 20.2 Å². The number of carbonyl (C=O) groups is 2. The first-order valence-electron chi connectivity index (χ1n) is 6.57. The molecule has 0 saturated carbocycles. The van der Waals surface area contributed by atoms with Crippen molar-refractivity contribution in [2.24, 2.45) is 0 Å². The second-order valence-electron chi connectivity index (χ2n) is 4.54. The summed E-state index contributed by atoms with van der Waals surface area (Å²) in [4.78, 5) is 32.0. The quantitative estimate of drug-likeness (QED) is 0.859. The maximum absolute atomic E-state index is 12.3. The Kier molecular flexibility index (Phi) is 4.80. The number of aromatic amines is 1. The van der Waals surface area contributed by atoms with E-state index in [0.717, 1.165) is 0 Å². The Balaban J connectivity index is 2.04. The molecule has 21 heavy (non-hydrogen) atoms. The number of nitrogens with zero attached hydrogens (tertiary/aromatic N) is 2. The number of imidazole rings is 1. The van der Waals surface area contributed by atoms with E-state index >= 15 is 0 Å². The van der Waals surface area contributed by atoms with Gasteiger partial charge in [0.25, 0.3) is 5.91 Å². The highest BCUT2D eigenvalue weighted by atomic mass is 35.5. The van der Waals surface area contributed by atoms with Crippen molar-refractivity contribution in [2.45, 2.75) is 13.3 Å². The van der Waals surface area contributed by atoms with Gasteiger partial charge in [0, 0.05) is 19.2 Å². The van der Waals surface area contributed by atoms with Crippen LogP contribution in [0.15, 0.2) is 18.2 Å². The number of hydrogen-bond acceptors (Lipinski definition) is 4. The highest BCUT2D eigenvalue weighted by Crippen LogP contribution is 2.17. The molecule has 0 spiro atoms. The first kappa shape index (κ1) is 15.3. The van der Waals surface area contributed by atoms with Crippen molar-refractivity contribution < 1.29 is 14.3 Å². The Hall–Kier alpha value is -2.08. The molecule has 0 saturated heterocycles. The van der Waals surface area contributed by atoms with Gasteiger partial charge in [-0.3, -0.25) is 9.59 Å². The summed E-state index contributed by atoms with van der Waals surface area (Å²) in [5.74, 6) is -0.486. The number of carbonyl (C=O) groups excluding carboxylic acids is 2. The smallest absolute Gasteiger partial charge is 0.307 e. The molecule has 2 rings (SSSR count). The van der Waals surface area contributed by atoms with Gasteiger partial charge in [-0.15, -0.1) is 0 Å². The fourth-order valence-electron chi connectivity index (χ4n) is 1.93. The van der Waals surface area contributed by atoms with Crippen LogP contribution in [0.4, 0.5) is 0 Å². The molecule has 1 N–H and O–H groups in total. The lowest BCUT2D eigenvalue weighted by molar-refractivity contribution is -0.143. The Morgan fingerprint density at radius 3 is 2.90 bits per heavy atom. The summed E-state index contributed by atoms with van der Waals surface area (Å²) in [5.41, 5.74) is 1.91. The molecule has 6 nitrogen and oxygen atoms in total. The zero-order valence-corrected chi connectivity index (χ0v) is 12.6. The number of H-pyrrole nitrogens is 1. The highest BCUT2D eigenvalue weighted by molar-refractivity contribution is 6.29. The van der Waals surface area contributed by atoms with Crippen LogP contribution in [0.5, 0.6) is 0 Å². The van der Waals surface area contributed by atoms with E-state index in [1.807, 2.05) is 0 Å². The van der Waals surface area contributed by atoms with Gasteiger partial charge in [-0.05, 0) is 36.7 Å². The van der Waals surface area contributed by atoms with E-state index < -0.39 is 0 Å². The van der Waals surface area contributed by atoms with Crippen LogP contribution in [-0.4, -0.2) is 46.9 Å². The number of amides is 1. The lowest BCUT2D eigenvalue weighted by Crippen LogP contribution is -2.29. The third kappa shape index (κ3) is 3.72. The fraction of sp³-hybridized carbons (Fsp3) is 0.357. The predicted molar refractivity (Wildman–Crippen MR) is 79.3 cm³/mol. The third-order valence-corrected chi connectivity index (χ3v) is 3.18. The molecule has 0 radical (unpaired) electrons. The molecule has 7 heteroatoms. The van der Waals surface area contributed by atoms with E-state index in [9.17, 15) is 9.59 Å². The van der Waals surface area contributed by atoms with Crippen LogP contribution in [0.1, 0.15) is 23.7 Å². The van der Waals surface area contributed by atoms with Gasteiger partial charge in [-0.2, -0.15) is 0 Å². The highest BCUT2D eigenvalue weighted by Gasteiger charge is 2.14. The summed E-state index contributed by atoms with van der Waals surface area (Å²) < 4.78 is 4.83. The summed E-state index contributed by atoms with van der Waals surface area (Å²) in [6.45, 7) is 2.39. The molecule has 0 unspecified atom stereocenters. The molecular weight excluding hydrogens is 294 g/mol. The van der Waals surface area contributed by atoms with E-state index in [1.54, 1.807) is 32.2 Å². The largest absolute Gasteiger partial charge is 0.466 e. The molecule has 0 aliphatic rings. The topological polar surface area (TPSA) is 75.3 Å². The number of rotatable bonds is 5. The number of halogens is 1. The van der Waals surface area contributed by atoms with Gasteiger partial charge in [-0.25, -0.2) is 4.98 Å². The van der Waals surface area contributed by atoms with Crippen LogP contribution in [-0.2, 0) is 9.53 Å². The third-order valence-electron chi connectivity index (χ3n) is 3.00. The molecule has 1 heterocycles. The first-order valence-corrected chi connectivity index (χ1v) is 6.95. The molecule has 2 aromatic rings. The number of ether oxygens (including phenoxy) is 1. The van der Waals surface area contributed by atoms with Crippen LogP contribution in [0.25, 0.3) is 11.0 Å². The molecule has 1 aromatic carbocycles. The van der Waals surface area contributed by atoms with E-state index in [2.05, 4.69) is 9.97 Å². The van der Waals surface area contributed by atoms with Crippen LogP contribution < -0.4 is 0 Å². The SMILES string of the molecule is CCOC(=O)CCN(C)C(=O)c1ccc2nc(Cl)[nH]c2c1. The lowest BCUT2D eigenvalue weighted by atomic mass is 10.1. The second kappa shape index (κ2) is 6.58. The van der Waals surface area contributed by atoms with Crippen LogP contribution in [0.2, 0.25) is 5.28 Å². The zero-order chi connectivity index (χ0) is 15.4. The number of nitrogens with one attached hydrogen (secondary N) is 1. The number of hydrogen-bond donors (Lipinski definition) is 1. The van der Waals surface area contributed by atoms with Gasteiger partial charge in [0.15, 0.2) is 0 Å². The molecular formula is C14H16ClN3O3. The lowest BCUT2D eigenvalue weighted by Gasteiger charge is -2.16. The van der Waals surface area contributed by atoms with Gasteiger partial charge < -0.3 is 14.6 Å². The normalized spacial score (nSPS) is 10.6. The molecule has 0 fully saturated rings. The van der Waals surface area contributed by atoms with Gasteiger partial charge in [-0.1, -0.05) is 0 Å². The molecule has 0 atom stereocenters. The van der Waals surface area contributed by atoms with Crippen molar-refractivity contribution >= 4 is 34.5 Å². The minimum Gasteiger partial charge on any atom is -0.466 e. The standard InChI is InChI=1S/C14H16ClN3O3/c1-3-21-12(19)6-7-18(2)13(20)9-4-5-10-11(8-9)17-14(15)16-10/h4-5,8H,3,6-7H2,1-2H3,(H,16,17). The summed E-state index contributed by atoms with van der Waals surface area (Å²) in [6.07, 6.45) is 0.175. The molecule has 0 bridgehead atoms. The Morgan fingerprint density at radius 2 is 2.19 bits per heavy atom. The van der Waals surface area contributed by atoms with Crippen molar-refractivity contribution in [3.05, 3.63) is 29.0 Å². The zero-order valence-electron chi connectivity index (χ0n) is 11.9. The average molecular weight is 310 g/mol. The van der Waals surface area contributed by atoms with Gasteiger partial charge in [0.1, 0.15) is 0 Å². The minimum atomic E-state index is -0.312. The number of fused-ring (bicyclic) bond motifs is 1. The predicted octanol–water partition coefficient (Wildman–Crippen LogP) is 2.24. The summed E-state index contributed by atoms with van der Waals surface area (Å²) in [6, 6.07) is 5.10. The van der Waals surface area contributed by atoms with Crippen LogP contribution in [0, 0.1) is 0 Å². The maximum Gasteiger partial charge on any atom is 0.307 e. The van der Waals surface area contributed by atoms with Crippen LogP contribution >= 0.6 is 11.6 Å². The van der Waals surface area contributed by atoms with Crippen molar-refractivity contribution in [3.8, 4) is 0 Å². The van der Waals surface area contributed by atoms with Crippen LogP contribution in [0.3, 0.4) is 0 Å². The summed E-state index contributed by atoms with van der Waals surface area (Å²) >= 11 is 5.78. The molecule has 0 aliphatic heterocycles. The van der Waals surface area contributed by atoms with E-state index in [0.29, 0.717) is 29.7 Å². The van der Waals surface area contributed by atoms with Gasteiger partial charge in [0.05, 0.1) is 24.1 Å². The van der Waals surface area contributed by atoms with Crippen molar-refractivity contribution in [1.82, 2.24) is 14.9 Å². The molecule has 0 aliphatic carbocycles. The second-order valence-corrected chi connectivity index (χ2v) is 4.90.